The van der Waals surface area contributed by atoms with Gasteiger partial charge in [0.15, 0.2) is 0 Å². The Hall–Kier alpha value is -1.52. The van der Waals surface area contributed by atoms with Gasteiger partial charge < -0.3 is 9.84 Å². The topological polar surface area (TPSA) is 46.5 Å². The van der Waals surface area contributed by atoms with E-state index in [9.17, 15) is 4.79 Å². The number of aliphatic hydroxyl groups is 1. The van der Waals surface area contributed by atoms with E-state index in [1.807, 2.05) is 25.1 Å². The molecule has 1 unspecified atom stereocenters. The summed E-state index contributed by atoms with van der Waals surface area (Å²) in [6.45, 7) is 2.36. The lowest BCUT2D eigenvalue weighted by Crippen LogP contribution is -2.23. The second kappa shape index (κ2) is 8.81. The Morgan fingerprint density at radius 1 is 1.23 bits per heavy atom. The van der Waals surface area contributed by atoms with Crippen molar-refractivity contribution in [2.75, 3.05) is 24.7 Å². The van der Waals surface area contributed by atoms with Gasteiger partial charge in [-0.1, -0.05) is 42.5 Å². The lowest BCUT2D eigenvalue weighted by Gasteiger charge is -2.16. The molecule has 2 rings (SSSR count). The molecular formula is C18H22O3S. The summed E-state index contributed by atoms with van der Waals surface area (Å²) < 4.78 is 5.20. The molecule has 0 aromatic heterocycles. The van der Waals surface area contributed by atoms with Crippen LogP contribution in [0.3, 0.4) is 0 Å². The van der Waals surface area contributed by atoms with Gasteiger partial charge in [0, 0.05) is 11.5 Å². The molecule has 118 valence electrons. The van der Waals surface area contributed by atoms with Crippen molar-refractivity contribution in [3.63, 3.8) is 0 Å². The number of fused-ring (bicyclic) bond motifs is 1. The highest BCUT2D eigenvalue weighted by molar-refractivity contribution is 7.99. The van der Waals surface area contributed by atoms with E-state index in [1.165, 1.54) is 16.3 Å². The fourth-order valence-electron chi connectivity index (χ4n) is 2.50. The first-order valence-electron chi connectivity index (χ1n) is 7.58. The Morgan fingerprint density at radius 3 is 2.77 bits per heavy atom. The standard InChI is InChI=1S/C18H22O3S/c1-2-21-18(20)16(13-22-11-10-19)12-15-8-5-7-14-6-3-4-9-17(14)15/h3-9,16,19H,2,10-13H2,1H3. The minimum atomic E-state index is -0.178. The second-order valence-electron chi connectivity index (χ2n) is 5.09. The molecule has 0 heterocycles. The van der Waals surface area contributed by atoms with Crippen LogP contribution in [0.2, 0.25) is 0 Å². The van der Waals surface area contributed by atoms with Gasteiger partial charge in [-0.25, -0.2) is 0 Å². The quantitative estimate of drug-likeness (QED) is 0.599. The summed E-state index contributed by atoms with van der Waals surface area (Å²) >= 11 is 1.59. The molecule has 0 aliphatic heterocycles. The first kappa shape index (κ1) is 16.8. The van der Waals surface area contributed by atoms with E-state index in [2.05, 4.69) is 24.3 Å². The van der Waals surface area contributed by atoms with Crippen LogP contribution in [-0.2, 0) is 16.0 Å². The zero-order chi connectivity index (χ0) is 15.8. The summed E-state index contributed by atoms with van der Waals surface area (Å²) in [5.74, 6) is 0.983. The monoisotopic (exact) mass is 318 g/mol. The highest BCUT2D eigenvalue weighted by Crippen LogP contribution is 2.23. The van der Waals surface area contributed by atoms with Gasteiger partial charge in [-0.15, -0.1) is 0 Å². The highest BCUT2D eigenvalue weighted by atomic mass is 32.2. The van der Waals surface area contributed by atoms with Crippen molar-refractivity contribution in [2.24, 2.45) is 5.92 Å². The maximum Gasteiger partial charge on any atom is 0.310 e. The van der Waals surface area contributed by atoms with Crippen molar-refractivity contribution in [1.29, 1.82) is 0 Å². The zero-order valence-corrected chi connectivity index (χ0v) is 13.6. The van der Waals surface area contributed by atoms with Gasteiger partial charge in [0.25, 0.3) is 0 Å². The number of benzene rings is 2. The maximum absolute atomic E-state index is 12.2. The molecule has 1 N–H and O–H groups in total. The van der Waals surface area contributed by atoms with E-state index in [4.69, 9.17) is 9.84 Å². The van der Waals surface area contributed by atoms with Crippen molar-refractivity contribution < 1.29 is 14.6 Å². The molecule has 0 amide bonds. The third kappa shape index (κ3) is 4.49. The molecule has 2 aromatic carbocycles. The number of esters is 1. The minimum absolute atomic E-state index is 0.133. The number of aliphatic hydroxyl groups excluding tert-OH is 1. The van der Waals surface area contributed by atoms with Crippen LogP contribution in [0.15, 0.2) is 42.5 Å². The highest BCUT2D eigenvalue weighted by Gasteiger charge is 2.21. The van der Waals surface area contributed by atoms with Crippen LogP contribution >= 0.6 is 11.8 Å². The minimum Gasteiger partial charge on any atom is -0.466 e. The molecule has 3 nitrogen and oxygen atoms in total. The Bertz CT molecular complexity index is 607. The lowest BCUT2D eigenvalue weighted by atomic mass is 9.96. The number of carbonyl (C=O) groups is 1. The van der Waals surface area contributed by atoms with Crippen LogP contribution in [0.4, 0.5) is 0 Å². The molecule has 2 aromatic rings. The van der Waals surface area contributed by atoms with E-state index in [0.717, 1.165) is 0 Å². The molecule has 0 saturated carbocycles. The number of hydrogen-bond donors (Lipinski definition) is 1. The van der Waals surface area contributed by atoms with Gasteiger partial charge in [-0.3, -0.25) is 4.79 Å². The van der Waals surface area contributed by atoms with E-state index in [1.54, 1.807) is 11.8 Å². The molecule has 22 heavy (non-hydrogen) atoms. The molecule has 0 aliphatic rings. The molecule has 0 saturated heterocycles. The van der Waals surface area contributed by atoms with Crippen molar-refractivity contribution in [3.8, 4) is 0 Å². The smallest absolute Gasteiger partial charge is 0.310 e. The van der Waals surface area contributed by atoms with Crippen LogP contribution in [0.25, 0.3) is 10.8 Å². The Morgan fingerprint density at radius 2 is 2.00 bits per heavy atom. The van der Waals surface area contributed by atoms with E-state index < -0.39 is 0 Å². The number of rotatable bonds is 8. The average molecular weight is 318 g/mol. The Balaban J connectivity index is 2.18. The normalized spacial score (nSPS) is 12.3. The van der Waals surface area contributed by atoms with Crippen LogP contribution in [0.1, 0.15) is 12.5 Å². The van der Waals surface area contributed by atoms with Crippen LogP contribution < -0.4 is 0 Å². The fourth-order valence-corrected chi connectivity index (χ4v) is 3.33. The van der Waals surface area contributed by atoms with E-state index >= 15 is 0 Å². The van der Waals surface area contributed by atoms with E-state index in [0.29, 0.717) is 24.5 Å². The molecular weight excluding hydrogens is 296 g/mol. The van der Waals surface area contributed by atoms with E-state index in [-0.39, 0.29) is 18.5 Å². The summed E-state index contributed by atoms with van der Waals surface area (Å²) in [5, 5.41) is 11.3. The SMILES string of the molecule is CCOC(=O)C(CSCCO)Cc1cccc2ccccc12. The van der Waals surface area contributed by atoms with Crippen molar-refractivity contribution in [1.82, 2.24) is 0 Å². The Kier molecular flexibility index (Phi) is 6.74. The van der Waals surface area contributed by atoms with Crippen molar-refractivity contribution >= 4 is 28.5 Å². The fraction of sp³-hybridized carbons (Fsp3) is 0.389. The Labute approximate surface area is 135 Å². The molecule has 0 fully saturated rings. The zero-order valence-electron chi connectivity index (χ0n) is 12.8. The van der Waals surface area contributed by atoms with Crippen LogP contribution in [0.5, 0.6) is 0 Å². The predicted octanol–water partition coefficient (Wildman–Crippen LogP) is 3.29. The molecule has 1 atom stereocenters. The molecule has 4 heteroatoms. The van der Waals surface area contributed by atoms with Gasteiger partial charge in [0.2, 0.25) is 0 Å². The number of carbonyl (C=O) groups excluding carboxylic acids is 1. The number of thioether (sulfide) groups is 1. The summed E-state index contributed by atoms with van der Waals surface area (Å²) in [5.41, 5.74) is 1.17. The van der Waals surface area contributed by atoms with Crippen LogP contribution in [0, 0.1) is 5.92 Å². The summed E-state index contributed by atoms with van der Waals surface area (Å²) in [4.78, 5) is 12.2. The average Bonchev–Trinajstić information content (AvgIpc) is 2.54. The third-order valence-electron chi connectivity index (χ3n) is 3.52. The van der Waals surface area contributed by atoms with Gasteiger partial charge in [0.05, 0.1) is 19.1 Å². The van der Waals surface area contributed by atoms with Crippen LogP contribution in [-0.4, -0.2) is 35.8 Å². The number of hydrogen-bond acceptors (Lipinski definition) is 4. The summed E-state index contributed by atoms with van der Waals surface area (Å²) in [6.07, 6.45) is 0.665. The lowest BCUT2D eigenvalue weighted by molar-refractivity contribution is -0.147. The summed E-state index contributed by atoms with van der Waals surface area (Å²) in [6, 6.07) is 14.4. The molecule has 0 radical (unpaired) electrons. The van der Waals surface area contributed by atoms with Gasteiger partial charge in [-0.2, -0.15) is 11.8 Å². The van der Waals surface area contributed by atoms with Gasteiger partial charge in [-0.05, 0) is 29.7 Å². The number of ether oxygens (including phenoxy) is 1. The molecule has 0 spiro atoms. The third-order valence-corrected chi connectivity index (χ3v) is 4.63. The van der Waals surface area contributed by atoms with Gasteiger partial charge in [0.1, 0.15) is 0 Å². The largest absolute Gasteiger partial charge is 0.466 e. The second-order valence-corrected chi connectivity index (χ2v) is 6.24. The first-order valence-corrected chi connectivity index (χ1v) is 8.73. The predicted molar refractivity (Wildman–Crippen MR) is 92.2 cm³/mol. The first-order chi connectivity index (χ1) is 10.8. The summed E-state index contributed by atoms with van der Waals surface area (Å²) in [7, 11) is 0. The maximum atomic E-state index is 12.2. The van der Waals surface area contributed by atoms with Crippen molar-refractivity contribution in [3.05, 3.63) is 48.0 Å². The van der Waals surface area contributed by atoms with Crippen molar-refractivity contribution in [2.45, 2.75) is 13.3 Å². The van der Waals surface area contributed by atoms with Gasteiger partial charge >= 0.3 is 5.97 Å². The molecule has 0 bridgehead atoms. The molecule has 0 aliphatic carbocycles.